The summed E-state index contributed by atoms with van der Waals surface area (Å²) in [6.45, 7) is 0.311. The molecule has 1 atom stereocenters. The van der Waals surface area contributed by atoms with Crippen LogP contribution in [0.5, 0.6) is 0 Å². The smallest absolute Gasteiger partial charge is 0.404 e. The second-order valence-corrected chi connectivity index (χ2v) is 5.36. The van der Waals surface area contributed by atoms with Crippen LogP contribution in [0.3, 0.4) is 0 Å². The second-order valence-electron chi connectivity index (χ2n) is 5.36. The maximum Gasteiger partial charge on any atom is 0.404 e. The molecule has 0 spiro atoms. The van der Waals surface area contributed by atoms with Crippen LogP contribution in [0.15, 0.2) is 24.3 Å². The van der Waals surface area contributed by atoms with E-state index in [2.05, 4.69) is 22.8 Å². The molecule has 2 rings (SSSR count). The highest BCUT2D eigenvalue weighted by Gasteiger charge is 2.24. The van der Waals surface area contributed by atoms with Crippen molar-refractivity contribution in [2.75, 3.05) is 6.54 Å². The van der Waals surface area contributed by atoms with Crippen molar-refractivity contribution in [3.63, 3.8) is 0 Å². The zero-order chi connectivity index (χ0) is 15.2. The third-order valence-corrected chi connectivity index (χ3v) is 3.70. The Morgan fingerprint density at radius 3 is 2.48 bits per heavy atom. The average Bonchev–Trinajstić information content (AvgIpc) is 2.85. The van der Waals surface area contributed by atoms with Gasteiger partial charge in [0, 0.05) is 12.6 Å². The van der Waals surface area contributed by atoms with Crippen molar-refractivity contribution in [2.45, 2.75) is 37.8 Å². The number of hydrogen-bond acceptors (Lipinski definition) is 3. The van der Waals surface area contributed by atoms with Gasteiger partial charge in [0.1, 0.15) is 0 Å². The lowest BCUT2D eigenvalue weighted by Crippen LogP contribution is -2.46. The molecule has 114 valence electrons. The first-order chi connectivity index (χ1) is 10.1. The minimum absolute atomic E-state index is 0.109. The number of carbonyl (C=O) groups excluding carboxylic acids is 1. The van der Waals surface area contributed by atoms with Gasteiger partial charge in [-0.25, -0.2) is 4.79 Å². The Labute approximate surface area is 123 Å². The van der Waals surface area contributed by atoms with Crippen molar-refractivity contribution in [3.05, 3.63) is 35.4 Å². The normalized spacial score (nSPS) is 15.3. The number of rotatable bonds is 6. The summed E-state index contributed by atoms with van der Waals surface area (Å²) in [6.07, 6.45) is 1.64. The van der Waals surface area contributed by atoms with Crippen molar-refractivity contribution in [3.8, 4) is 0 Å². The van der Waals surface area contributed by atoms with E-state index in [0.29, 0.717) is 19.4 Å². The Hall–Kier alpha value is -2.08. The number of carbonyl (C=O) groups is 2. The van der Waals surface area contributed by atoms with E-state index in [9.17, 15) is 9.59 Å². The van der Waals surface area contributed by atoms with Crippen molar-refractivity contribution in [1.82, 2.24) is 10.6 Å². The van der Waals surface area contributed by atoms with Gasteiger partial charge in [0.15, 0.2) is 0 Å². The molecule has 6 nitrogen and oxygen atoms in total. The van der Waals surface area contributed by atoms with Gasteiger partial charge in [-0.1, -0.05) is 24.3 Å². The Balaban J connectivity index is 1.71. The standard InChI is InChI=1S/C15H21N3O3/c16-13(6-3-7-17-15(20)21)14(19)18-12-8-10-4-1-2-5-11(10)9-12/h1-2,4-5,12-13,17H,3,6-9,16H2,(H,18,19)(H,20,21). The number of nitrogens with two attached hydrogens (primary N) is 1. The van der Waals surface area contributed by atoms with Gasteiger partial charge in [0.05, 0.1) is 6.04 Å². The molecule has 6 heteroatoms. The molecule has 21 heavy (non-hydrogen) atoms. The molecule has 0 saturated carbocycles. The monoisotopic (exact) mass is 291 g/mol. The van der Waals surface area contributed by atoms with E-state index < -0.39 is 12.1 Å². The van der Waals surface area contributed by atoms with Crippen molar-refractivity contribution in [1.29, 1.82) is 0 Å². The molecule has 0 heterocycles. The third kappa shape index (κ3) is 4.46. The quantitative estimate of drug-likeness (QED) is 0.577. The van der Waals surface area contributed by atoms with Gasteiger partial charge >= 0.3 is 6.09 Å². The molecular weight excluding hydrogens is 270 g/mol. The maximum atomic E-state index is 12.0. The minimum atomic E-state index is -1.06. The second kappa shape index (κ2) is 7.08. The Kier molecular flexibility index (Phi) is 5.16. The van der Waals surface area contributed by atoms with Crippen LogP contribution in [0, 0.1) is 0 Å². The Bertz CT molecular complexity index is 494. The zero-order valence-corrected chi connectivity index (χ0v) is 11.8. The van der Waals surface area contributed by atoms with E-state index >= 15 is 0 Å². The summed E-state index contributed by atoms with van der Waals surface area (Å²) in [6, 6.07) is 7.69. The summed E-state index contributed by atoms with van der Waals surface area (Å²) in [7, 11) is 0. The topological polar surface area (TPSA) is 104 Å². The molecule has 1 aliphatic rings. The minimum Gasteiger partial charge on any atom is -0.465 e. The maximum absolute atomic E-state index is 12.0. The number of amides is 2. The van der Waals surface area contributed by atoms with Gasteiger partial charge in [-0.15, -0.1) is 0 Å². The van der Waals surface area contributed by atoms with Crippen LogP contribution in [0.1, 0.15) is 24.0 Å². The van der Waals surface area contributed by atoms with Crippen molar-refractivity contribution < 1.29 is 14.7 Å². The lowest BCUT2D eigenvalue weighted by Gasteiger charge is -2.16. The molecule has 0 saturated heterocycles. The summed E-state index contributed by atoms with van der Waals surface area (Å²) < 4.78 is 0. The first-order valence-electron chi connectivity index (χ1n) is 7.16. The SMILES string of the molecule is NC(CCCNC(=O)O)C(=O)NC1Cc2ccccc2C1. The predicted molar refractivity (Wildman–Crippen MR) is 79.0 cm³/mol. The molecule has 1 aliphatic carbocycles. The van der Waals surface area contributed by atoms with Crippen LogP contribution >= 0.6 is 0 Å². The molecule has 0 aromatic heterocycles. The number of carboxylic acid groups (broad SMARTS) is 1. The van der Waals surface area contributed by atoms with Crippen molar-refractivity contribution in [2.24, 2.45) is 5.73 Å². The van der Waals surface area contributed by atoms with Gasteiger partial charge in [-0.3, -0.25) is 4.79 Å². The summed E-state index contributed by atoms with van der Waals surface area (Å²) >= 11 is 0. The fraction of sp³-hybridized carbons (Fsp3) is 0.467. The molecule has 0 bridgehead atoms. The summed E-state index contributed by atoms with van der Waals surface area (Å²) in [5.41, 5.74) is 8.39. The van der Waals surface area contributed by atoms with Gasteiger partial charge in [0.2, 0.25) is 5.91 Å². The Morgan fingerprint density at radius 1 is 1.29 bits per heavy atom. The summed E-state index contributed by atoms with van der Waals surface area (Å²) in [5.74, 6) is -0.164. The van der Waals surface area contributed by atoms with Crippen LogP contribution in [-0.4, -0.2) is 35.7 Å². The Morgan fingerprint density at radius 2 is 1.90 bits per heavy atom. The number of nitrogens with one attached hydrogen (secondary N) is 2. The largest absolute Gasteiger partial charge is 0.465 e. The van der Waals surface area contributed by atoms with Gasteiger partial charge in [-0.2, -0.15) is 0 Å². The fourth-order valence-electron chi connectivity index (χ4n) is 2.62. The molecule has 0 aliphatic heterocycles. The molecule has 0 fully saturated rings. The van der Waals surface area contributed by atoms with E-state index in [1.54, 1.807) is 0 Å². The van der Waals surface area contributed by atoms with E-state index in [1.807, 2.05) is 12.1 Å². The first kappa shape index (κ1) is 15.3. The predicted octanol–water partition coefficient (Wildman–Crippen LogP) is 0.645. The zero-order valence-electron chi connectivity index (χ0n) is 11.8. The number of benzene rings is 1. The molecular formula is C15H21N3O3. The molecule has 1 unspecified atom stereocenters. The molecule has 5 N–H and O–H groups in total. The third-order valence-electron chi connectivity index (χ3n) is 3.70. The highest BCUT2D eigenvalue weighted by molar-refractivity contribution is 5.81. The van der Waals surface area contributed by atoms with Crippen LogP contribution in [0.4, 0.5) is 4.79 Å². The highest BCUT2D eigenvalue weighted by Crippen LogP contribution is 2.21. The van der Waals surface area contributed by atoms with E-state index in [-0.39, 0.29) is 11.9 Å². The molecule has 2 amide bonds. The van der Waals surface area contributed by atoms with Gasteiger partial charge in [0.25, 0.3) is 0 Å². The summed E-state index contributed by atoms with van der Waals surface area (Å²) in [5, 5.41) is 13.7. The van der Waals surface area contributed by atoms with Crippen LogP contribution in [-0.2, 0) is 17.6 Å². The first-order valence-corrected chi connectivity index (χ1v) is 7.16. The molecule has 1 aromatic rings. The van der Waals surface area contributed by atoms with Crippen LogP contribution in [0.2, 0.25) is 0 Å². The lowest BCUT2D eigenvalue weighted by molar-refractivity contribution is -0.123. The lowest BCUT2D eigenvalue weighted by atomic mass is 10.1. The van der Waals surface area contributed by atoms with E-state index in [0.717, 1.165) is 12.8 Å². The van der Waals surface area contributed by atoms with Crippen molar-refractivity contribution >= 4 is 12.0 Å². The molecule has 0 radical (unpaired) electrons. The van der Waals surface area contributed by atoms with E-state index in [1.165, 1.54) is 11.1 Å². The van der Waals surface area contributed by atoms with E-state index in [4.69, 9.17) is 10.8 Å². The van der Waals surface area contributed by atoms with Gasteiger partial charge < -0.3 is 21.5 Å². The number of fused-ring (bicyclic) bond motifs is 1. The highest BCUT2D eigenvalue weighted by atomic mass is 16.4. The van der Waals surface area contributed by atoms with Crippen LogP contribution in [0.25, 0.3) is 0 Å². The van der Waals surface area contributed by atoms with Gasteiger partial charge in [-0.05, 0) is 36.8 Å². The molecule has 1 aromatic carbocycles. The number of hydrogen-bond donors (Lipinski definition) is 4. The fourth-order valence-corrected chi connectivity index (χ4v) is 2.62. The van der Waals surface area contributed by atoms with Crippen LogP contribution < -0.4 is 16.4 Å². The summed E-state index contributed by atoms with van der Waals surface area (Å²) in [4.78, 5) is 22.3. The average molecular weight is 291 g/mol.